The number of hydrogen-bond acceptors (Lipinski definition) is 11. The van der Waals surface area contributed by atoms with Crippen molar-refractivity contribution in [2.45, 2.75) is 130 Å². The third kappa shape index (κ3) is 20.7. The molecule has 0 saturated heterocycles. The number of ether oxygens (including phenoxy) is 4. The van der Waals surface area contributed by atoms with Crippen LogP contribution in [0.25, 0.3) is 0 Å². The van der Waals surface area contributed by atoms with Gasteiger partial charge in [-0.25, -0.2) is 9.59 Å². The highest BCUT2D eigenvalue weighted by atomic mass is 16.6. The monoisotopic (exact) mass is 797 g/mol. The fourth-order valence-electron chi connectivity index (χ4n) is 4.95. The summed E-state index contributed by atoms with van der Waals surface area (Å²) in [6, 6.07) is 15.5. The van der Waals surface area contributed by atoms with Crippen LogP contribution < -0.4 is 26.6 Å². The second kappa shape index (κ2) is 22.8. The maximum absolute atomic E-state index is 13.8. The molecule has 314 valence electrons. The van der Waals surface area contributed by atoms with E-state index in [4.69, 9.17) is 18.9 Å². The molecule has 0 aliphatic rings. The molecule has 0 unspecified atom stereocenters. The van der Waals surface area contributed by atoms with Gasteiger partial charge < -0.3 is 45.5 Å². The van der Waals surface area contributed by atoms with Gasteiger partial charge in [-0.3, -0.25) is 24.0 Å². The second-order valence-corrected chi connectivity index (χ2v) is 15.8. The van der Waals surface area contributed by atoms with Gasteiger partial charge in [0.15, 0.2) is 0 Å². The molecule has 0 aromatic heterocycles. The van der Waals surface area contributed by atoms with Crippen molar-refractivity contribution in [3.8, 4) is 0 Å². The molecule has 0 saturated carbocycles. The normalized spacial score (nSPS) is 12.5. The van der Waals surface area contributed by atoms with Gasteiger partial charge >= 0.3 is 24.1 Å². The SMILES string of the molecule is CC(C)(C)OC(=O)C[C@@H](NC(=O)OC(C)(C)C)C(=O)N[C@@H](CCCCNC(=O)OCc1ccccc1)C(=O)NC(C)(C)C(=O)NCCC(=O)OCc1ccccc1. The summed E-state index contributed by atoms with van der Waals surface area (Å²) in [5, 5.41) is 12.9. The number of nitrogens with one attached hydrogen (secondary N) is 5. The van der Waals surface area contributed by atoms with Crippen molar-refractivity contribution in [3.63, 3.8) is 0 Å². The molecular weight excluding hydrogens is 738 g/mol. The van der Waals surface area contributed by atoms with E-state index in [1.807, 2.05) is 60.7 Å². The second-order valence-electron chi connectivity index (χ2n) is 15.8. The smallest absolute Gasteiger partial charge is 0.408 e. The number of hydrogen-bond donors (Lipinski definition) is 5. The van der Waals surface area contributed by atoms with E-state index in [1.165, 1.54) is 13.8 Å². The molecule has 0 aliphatic carbocycles. The average molecular weight is 798 g/mol. The van der Waals surface area contributed by atoms with E-state index in [2.05, 4.69) is 26.6 Å². The quantitative estimate of drug-likeness (QED) is 0.0722. The molecule has 0 radical (unpaired) electrons. The molecule has 0 spiro atoms. The minimum atomic E-state index is -1.51. The van der Waals surface area contributed by atoms with E-state index in [-0.39, 0.29) is 39.1 Å². The lowest BCUT2D eigenvalue weighted by molar-refractivity contribution is -0.156. The first-order valence-electron chi connectivity index (χ1n) is 18.9. The Hall–Kier alpha value is -5.67. The van der Waals surface area contributed by atoms with Crippen LogP contribution in [0.5, 0.6) is 0 Å². The summed E-state index contributed by atoms with van der Waals surface area (Å²) in [5.74, 6) is -3.54. The summed E-state index contributed by atoms with van der Waals surface area (Å²) in [4.78, 5) is 90.6. The van der Waals surface area contributed by atoms with Gasteiger partial charge in [0, 0.05) is 13.1 Å². The summed E-state index contributed by atoms with van der Waals surface area (Å²) >= 11 is 0. The van der Waals surface area contributed by atoms with Gasteiger partial charge in [0.1, 0.15) is 42.0 Å². The Labute approximate surface area is 334 Å². The molecule has 2 rings (SSSR count). The fourth-order valence-corrected chi connectivity index (χ4v) is 4.95. The number of unbranched alkanes of at least 4 members (excludes halogenated alkanes) is 1. The van der Waals surface area contributed by atoms with E-state index in [1.54, 1.807) is 41.5 Å². The number of benzene rings is 2. The molecule has 0 fully saturated rings. The van der Waals surface area contributed by atoms with E-state index in [0.717, 1.165) is 11.1 Å². The van der Waals surface area contributed by atoms with Crippen LogP contribution in [0.4, 0.5) is 9.59 Å². The van der Waals surface area contributed by atoms with E-state index < -0.39 is 77.1 Å². The summed E-state index contributed by atoms with van der Waals surface area (Å²) in [6.45, 7) is 13.0. The zero-order valence-corrected chi connectivity index (χ0v) is 34.3. The molecule has 57 heavy (non-hydrogen) atoms. The van der Waals surface area contributed by atoms with Gasteiger partial charge in [-0.15, -0.1) is 0 Å². The summed E-state index contributed by atoms with van der Waals surface area (Å²) in [5.41, 5.74) is -1.68. The Bertz CT molecular complexity index is 1610. The summed E-state index contributed by atoms with van der Waals surface area (Å²) in [7, 11) is 0. The zero-order valence-electron chi connectivity index (χ0n) is 34.3. The topological polar surface area (TPSA) is 217 Å². The van der Waals surface area contributed by atoms with Crippen LogP contribution in [0.15, 0.2) is 60.7 Å². The van der Waals surface area contributed by atoms with Crippen LogP contribution in [-0.2, 0) is 56.1 Å². The summed E-state index contributed by atoms with van der Waals surface area (Å²) < 4.78 is 21.1. The van der Waals surface area contributed by atoms with Crippen LogP contribution in [-0.4, -0.2) is 83.8 Å². The zero-order chi connectivity index (χ0) is 42.6. The highest BCUT2D eigenvalue weighted by molar-refractivity contribution is 5.96. The minimum Gasteiger partial charge on any atom is -0.461 e. The largest absolute Gasteiger partial charge is 0.461 e. The van der Waals surface area contributed by atoms with E-state index in [9.17, 15) is 33.6 Å². The standard InChI is InChI=1S/C41H59N5O11/c1-39(2,3)56-33(48)25-31(45-38(53)57-40(4,5)6)34(49)44-30(21-15-16-23-43-37(52)55-27-29-19-13-10-14-20-29)35(50)46-41(7,8)36(51)42-24-22-32(47)54-26-28-17-11-9-12-18-28/h9-14,17-20,30-31H,15-16,21-27H2,1-8H3,(H,42,51)(H,43,52)(H,44,49)(H,45,53)(H,46,50)/t30-,31+/m0/s1. The third-order valence-electron chi connectivity index (χ3n) is 7.69. The first kappa shape index (κ1) is 47.5. The van der Waals surface area contributed by atoms with Crippen LogP contribution in [0.1, 0.15) is 98.6 Å². The number of esters is 2. The fraction of sp³-hybridized carbons (Fsp3) is 0.537. The lowest BCUT2D eigenvalue weighted by atomic mass is 10.0. The predicted octanol–water partition coefficient (Wildman–Crippen LogP) is 4.34. The van der Waals surface area contributed by atoms with E-state index in [0.29, 0.717) is 12.8 Å². The Balaban J connectivity index is 2.11. The Morgan fingerprint density at radius 3 is 1.70 bits per heavy atom. The van der Waals surface area contributed by atoms with Crippen molar-refractivity contribution in [1.29, 1.82) is 0 Å². The molecule has 2 aromatic rings. The summed E-state index contributed by atoms with van der Waals surface area (Å²) in [6.07, 6.45) is -1.57. The highest BCUT2D eigenvalue weighted by Gasteiger charge is 2.35. The maximum atomic E-state index is 13.8. The Kier molecular flexibility index (Phi) is 19.0. The van der Waals surface area contributed by atoms with Gasteiger partial charge in [0.05, 0.1) is 12.8 Å². The maximum Gasteiger partial charge on any atom is 0.408 e. The van der Waals surface area contributed by atoms with Gasteiger partial charge in [0.2, 0.25) is 17.7 Å². The van der Waals surface area contributed by atoms with Crippen LogP contribution in [0.2, 0.25) is 0 Å². The lowest BCUT2D eigenvalue weighted by Gasteiger charge is -2.29. The molecule has 16 nitrogen and oxygen atoms in total. The molecule has 2 aromatic carbocycles. The van der Waals surface area contributed by atoms with Crippen molar-refractivity contribution < 1.29 is 52.5 Å². The van der Waals surface area contributed by atoms with Gasteiger partial charge in [0.25, 0.3) is 0 Å². The van der Waals surface area contributed by atoms with E-state index >= 15 is 0 Å². The average Bonchev–Trinajstić information content (AvgIpc) is 3.11. The molecule has 5 N–H and O–H groups in total. The third-order valence-corrected chi connectivity index (χ3v) is 7.69. The van der Waals surface area contributed by atoms with Crippen molar-refractivity contribution >= 4 is 41.8 Å². The molecule has 16 heteroatoms. The first-order valence-corrected chi connectivity index (χ1v) is 18.9. The van der Waals surface area contributed by atoms with Gasteiger partial charge in [-0.1, -0.05) is 60.7 Å². The number of carbonyl (C=O) groups excluding carboxylic acids is 7. The molecule has 0 bridgehead atoms. The number of carbonyl (C=O) groups is 7. The molecule has 0 heterocycles. The molecular formula is C41H59N5O11. The minimum absolute atomic E-state index is 0.0366. The number of amides is 5. The lowest BCUT2D eigenvalue weighted by Crippen LogP contribution is -2.60. The Morgan fingerprint density at radius 2 is 1.14 bits per heavy atom. The van der Waals surface area contributed by atoms with Gasteiger partial charge in [-0.2, -0.15) is 0 Å². The number of rotatable bonds is 20. The molecule has 0 aliphatic heterocycles. The molecule has 5 amide bonds. The highest BCUT2D eigenvalue weighted by Crippen LogP contribution is 2.13. The van der Waals surface area contributed by atoms with Crippen molar-refractivity contribution in [1.82, 2.24) is 26.6 Å². The van der Waals surface area contributed by atoms with Crippen LogP contribution >= 0.6 is 0 Å². The first-order chi connectivity index (χ1) is 26.6. The van der Waals surface area contributed by atoms with Crippen molar-refractivity contribution in [2.24, 2.45) is 0 Å². The van der Waals surface area contributed by atoms with Crippen LogP contribution in [0.3, 0.4) is 0 Å². The van der Waals surface area contributed by atoms with Crippen molar-refractivity contribution in [2.75, 3.05) is 13.1 Å². The molecule has 2 atom stereocenters. The van der Waals surface area contributed by atoms with Crippen LogP contribution in [0, 0.1) is 0 Å². The van der Waals surface area contributed by atoms with Gasteiger partial charge in [-0.05, 0) is 85.8 Å². The number of alkyl carbamates (subject to hydrolysis) is 2. The Morgan fingerprint density at radius 1 is 0.579 bits per heavy atom. The predicted molar refractivity (Wildman–Crippen MR) is 210 cm³/mol. The van der Waals surface area contributed by atoms with Crippen molar-refractivity contribution in [3.05, 3.63) is 71.8 Å².